The third-order valence-electron chi connectivity index (χ3n) is 2.00. The second-order valence-corrected chi connectivity index (χ2v) is 3.45. The molecular weight excluding hydrogens is 200 g/mol. The fourth-order valence-electron chi connectivity index (χ4n) is 1.17. The number of carbonyl (C=O) groups excluding carboxylic acids is 1. The van der Waals surface area contributed by atoms with Gasteiger partial charge in [0, 0.05) is 17.9 Å². The van der Waals surface area contributed by atoms with Crippen LogP contribution in [0.4, 0.5) is 0 Å². The molecular formula is C11H13ClO2. The number of halogens is 1. The molecule has 0 spiro atoms. The highest BCUT2D eigenvalue weighted by Crippen LogP contribution is 2.08. The Labute approximate surface area is 88.5 Å². The van der Waals surface area contributed by atoms with E-state index in [2.05, 4.69) is 0 Å². The molecule has 2 nitrogen and oxygen atoms in total. The summed E-state index contributed by atoms with van der Waals surface area (Å²) >= 11 is 5.50. The van der Waals surface area contributed by atoms with Gasteiger partial charge in [-0.1, -0.05) is 24.3 Å². The van der Waals surface area contributed by atoms with Crippen molar-refractivity contribution < 1.29 is 9.90 Å². The van der Waals surface area contributed by atoms with Gasteiger partial charge >= 0.3 is 0 Å². The van der Waals surface area contributed by atoms with E-state index in [1.807, 2.05) is 0 Å². The molecule has 1 rings (SSSR count). The Bertz CT molecular complexity index is 293. The number of rotatable bonds is 5. The first-order valence-corrected chi connectivity index (χ1v) is 5.10. The lowest BCUT2D eigenvalue weighted by Gasteiger charge is -2.00. The van der Waals surface area contributed by atoms with E-state index < -0.39 is 0 Å². The summed E-state index contributed by atoms with van der Waals surface area (Å²) in [6.07, 6.45) is 1.20. The maximum atomic E-state index is 11.5. The van der Waals surface area contributed by atoms with Gasteiger partial charge in [-0.25, -0.2) is 0 Å². The number of benzene rings is 1. The Morgan fingerprint density at radius 3 is 2.43 bits per heavy atom. The molecule has 0 fully saturated rings. The highest BCUT2D eigenvalue weighted by Gasteiger charge is 2.04. The van der Waals surface area contributed by atoms with Crippen LogP contribution in [0.1, 0.15) is 28.8 Å². The molecule has 1 N–H and O–H groups in total. The van der Waals surface area contributed by atoms with E-state index in [9.17, 15) is 4.79 Å². The maximum Gasteiger partial charge on any atom is 0.162 e. The SMILES string of the molecule is O=C(CCCCl)c1ccc(CO)cc1. The minimum absolute atomic E-state index is 0.0101. The van der Waals surface area contributed by atoms with Gasteiger partial charge in [0.2, 0.25) is 0 Å². The molecule has 1 aromatic rings. The van der Waals surface area contributed by atoms with Crippen molar-refractivity contribution in [3.63, 3.8) is 0 Å². The minimum atomic E-state index is 0.0101. The second-order valence-electron chi connectivity index (χ2n) is 3.07. The average molecular weight is 213 g/mol. The molecule has 0 radical (unpaired) electrons. The first-order valence-electron chi connectivity index (χ1n) is 4.57. The smallest absolute Gasteiger partial charge is 0.162 e. The molecule has 0 aliphatic carbocycles. The molecule has 0 amide bonds. The van der Waals surface area contributed by atoms with Crippen molar-refractivity contribution in [2.75, 3.05) is 5.88 Å². The summed E-state index contributed by atoms with van der Waals surface area (Å²) in [6.45, 7) is 0.0101. The van der Waals surface area contributed by atoms with Gasteiger partial charge < -0.3 is 5.11 Å². The summed E-state index contributed by atoms with van der Waals surface area (Å²) < 4.78 is 0. The van der Waals surface area contributed by atoms with Gasteiger partial charge in [-0.3, -0.25) is 4.79 Å². The van der Waals surface area contributed by atoms with Gasteiger partial charge in [0.05, 0.1) is 6.61 Å². The largest absolute Gasteiger partial charge is 0.392 e. The zero-order valence-electron chi connectivity index (χ0n) is 7.87. The summed E-state index contributed by atoms with van der Waals surface area (Å²) in [5, 5.41) is 8.81. The molecule has 0 atom stereocenters. The second kappa shape index (κ2) is 5.78. The average Bonchev–Trinajstić information content (AvgIpc) is 2.26. The van der Waals surface area contributed by atoms with Gasteiger partial charge in [-0.15, -0.1) is 11.6 Å². The lowest BCUT2D eigenvalue weighted by molar-refractivity contribution is 0.0982. The van der Waals surface area contributed by atoms with Crippen LogP contribution in [-0.4, -0.2) is 16.8 Å². The van der Waals surface area contributed by atoms with Gasteiger partial charge in [0.25, 0.3) is 0 Å². The summed E-state index contributed by atoms with van der Waals surface area (Å²) in [4.78, 5) is 11.5. The van der Waals surface area contributed by atoms with Crippen LogP contribution in [0, 0.1) is 0 Å². The molecule has 0 saturated heterocycles. The van der Waals surface area contributed by atoms with Crippen molar-refractivity contribution in [3.8, 4) is 0 Å². The van der Waals surface area contributed by atoms with Gasteiger partial charge in [0.1, 0.15) is 0 Å². The molecule has 1 aromatic carbocycles. The summed E-state index contributed by atoms with van der Waals surface area (Å²) in [6, 6.07) is 6.99. The fraction of sp³-hybridized carbons (Fsp3) is 0.364. The quantitative estimate of drug-likeness (QED) is 0.601. The van der Waals surface area contributed by atoms with Crippen molar-refractivity contribution in [2.24, 2.45) is 0 Å². The molecule has 0 aliphatic rings. The van der Waals surface area contributed by atoms with E-state index in [0.29, 0.717) is 24.3 Å². The zero-order valence-corrected chi connectivity index (χ0v) is 8.63. The normalized spacial score (nSPS) is 10.1. The van der Waals surface area contributed by atoms with Crippen molar-refractivity contribution in [2.45, 2.75) is 19.4 Å². The number of carbonyl (C=O) groups is 1. The summed E-state index contributed by atoms with van der Waals surface area (Å²) in [5.41, 5.74) is 1.51. The summed E-state index contributed by atoms with van der Waals surface area (Å²) in [5.74, 6) is 0.621. The number of ketones is 1. The first-order chi connectivity index (χ1) is 6.77. The monoisotopic (exact) mass is 212 g/mol. The number of Topliss-reactive ketones (excluding diaryl/α,β-unsaturated/α-hetero) is 1. The lowest BCUT2D eigenvalue weighted by Crippen LogP contribution is -1.99. The predicted molar refractivity (Wildman–Crippen MR) is 56.6 cm³/mol. The Morgan fingerprint density at radius 1 is 1.29 bits per heavy atom. The number of alkyl halides is 1. The molecule has 0 saturated carbocycles. The third-order valence-corrected chi connectivity index (χ3v) is 2.26. The molecule has 0 bridgehead atoms. The Morgan fingerprint density at radius 2 is 1.93 bits per heavy atom. The Kier molecular flexibility index (Phi) is 4.63. The number of aliphatic hydroxyl groups excluding tert-OH is 1. The van der Waals surface area contributed by atoms with Crippen molar-refractivity contribution >= 4 is 17.4 Å². The number of aliphatic hydroxyl groups is 1. The number of hydrogen-bond acceptors (Lipinski definition) is 2. The Hall–Kier alpha value is -0.860. The molecule has 3 heteroatoms. The van der Waals surface area contributed by atoms with Crippen LogP contribution >= 0.6 is 11.6 Å². The molecule has 0 heterocycles. The molecule has 76 valence electrons. The van der Waals surface area contributed by atoms with E-state index in [0.717, 1.165) is 5.56 Å². The predicted octanol–water partition coefficient (Wildman–Crippen LogP) is 2.38. The van der Waals surface area contributed by atoms with Crippen LogP contribution in [0.2, 0.25) is 0 Å². The molecule has 0 aliphatic heterocycles. The van der Waals surface area contributed by atoms with Crippen LogP contribution in [0.3, 0.4) is 0 Å². The van der Waals surface area contributed by atoms with E-state index in [1.165, 1.54) is 0 Å². The van der Waals surface area contributed by atoms with Crippen LogP contribution in [-0.2, 0) is 6.61 Å². The maximum absolute atomic E-state index is 11.5. The van der Waals surface area contributed by atoms with Crippen LogP contribution in [0.5, 0.6) is 0 Å². The molecule has 14 heavy (non-hydrogen) atoms. The zero-order chi connectivity index (χ0) is 10.4. The molecule has 0 unspecified atom stereocenters. The summed E-state index contributed by atoms with van der Waals surface area (Å²) in [7, 11) is 0. The standard InChI is InChI=1S/C11H13ClO2/c12-7-1-2-11(14)10-5-3-9(8-13)4-6-10/h3-6,13H,1-2,7-8H2. The van der Waals surface area contributed by atoms with Crippen LogP contribution < -0.4 is 0 Å². The first kappa shape index (κ1) is 11.2. The van der Waals surface area contributed by atoms with Crippen LogP contribution in [0.25, 0.3) is 0 Å². The van der Waals surface area contributed by atoms with Crippen LogP contribution in [0.15, 0.2) is 24.3 Å². The topological polar surface area (TPSA) is 37.3 Å². The van der Waals surface area contributed by atoms with E-state index >= 15 is 0 Å². The highest BCUT2D eigenvalue weighted by atomic mass is 35.5. The molecule has 0 aromatic heterocycles. The van der Waals surface area contributed by atoms with Crippen molar-refractivity contribution in [1.29, 1.82) is 0 Å². The van der Waals surface area contributed by atoms with E-state index in [1.54, 1.807) is 24.3 Å². The Balaban J connectivity index is 2.62. The van der Waals surface area contributed by atoms with Gasteiger partial charge in [-0.05, 0) is 12.0 Å². The third kappa shape index (κ3) is 3.13. The van der Waals surface area contributed by atoms with Gasteiger partial charge in [-0.2, -0.15) is 0 Å². The highest BCUT2D eigenvalue weighted by molar-refractivity contribution is 6.18. The lowest BCUT2D eigenvalue weighted by atomic mass is 10.1. The van der Waals surface area contributed by atoms with Crippen molar-refractivity contribution in [1.82, 2.24) is 0 Å². The van der Waals surface area contributed by atoms with Crippen molar-refractivity contribution in [3.05, 3.63) is 35.4 Å². The minimum Gasteiger partial charge on any atom is -0.392 e. The van der Waals surface area contributed by atoms with E-state index in [-0.39, 0.29) is 12.4 Å². The number of hydrogen-bond donors (Lipinski definition) is 1. The fourth-order valence-corrected chi connectivity index (χ4v) is 1.30. The van der Waals surface area contributed by atoms with E-state index in [4.69, 9.17) is 16.7 Å². The van der Waals surface area contributed by atoms with Gasteiger partial charge in [0.15, 0.2) is 5.78 Å².